The number of aryl methyl sites for hydroxylation is 1. The topological polar surface area (TPSA) is 116 Å². The lowest BCUT2D eigenvalue weighted by Gasteiger charge is -2.19. The van der Waals surface area contributed by atoms with Crippen LogP contribution in [0.5, 0.6) is 0 Å². The third kappa shape index (κ3) is 7.20. The molecule has 0 unspecified atom stereocenters. The summed E-state index contributed by atoms with van der Waals surface area (Å²) in [7, 11) is -8.06. The van der Waals surface area contributed by atoms with Gasteiger partial charge in [-0.25, -0.2) is 0 Å². The molecule has 15 heteroatoms. The lowest BCUT2D eigenvalue weighted by atomic mass is 10.3. The summed E-state index contributed by atoms with van der Waals surface area (Å²) in [6.45, 7) is 0.954. The van der Waals surface area contributed by atoms with Crippen molar-refractivity contribution in [1.29, 1.82) is 0 Å². The van der Waals surface area contributed by atoms with Gasteiger partial charge in [-0.1, -0.05) is 34.7 Å². The zero-order valence-electron chi connectivity index (χ0n) is 18.1. The van der Waals surface area contributed by atoms with E-state index in [9.17, 15) is 16.8 Å². The summed E-state index contributed by atoms with van der Waals surface area (Å²) in [6, 6.07) is 7.63. The number of benzene rings is 1. The van der Waals surface area contributed by atoms with Gasteiger partial charge in [0.25, 0.3) is 25.2 Å². The predicted octanol–water partition coefficient (Wildman–Crippen LogP) is 5.52. The second kappa shape index (κ2) is 11.0. The number of hydrogen-bond donors (Lipinski definition) is 2. The number of thiazole rings is 1. The molecule has 8 nitrogen and oxygen atoms in total. The van der Waals surface area contributed by atoms with Gasteiger partial charge < -0.3 is 4.90 Å². The van der Waals surface area contributed by atoms with Crippen LogP contribution >= 0.6 is 62.0 Å². The Morgan fingerprint density at radius 2 is 1.74 bits per heavy atom. The van der Waals surface area contributed by atoms with Crippen molar-refractivity contribution in [3.63, 3.8) is 0 Å². The molecule has 35 heavy (non-hydrogen) atoms. The minimum Gasteiger partial charge on any atom is -0.334 e. The molecule has 0 radical (unpaired) electrons. The smallest absolute Gasteiger partial charge is 0.265 e. The molecule has 1 aliphatic rings. The highest BCUT2D eigenvalue weighted by molar-refractivity contribution is 9.11. The molecule has 0 saturated carbocycles. The van der Waals surface area contributed by atoms with E-state index in [-0.39, 0.29) is 17.9 Å². The molecule has 0 aliphatic carbocycles. The van der Waals surface area contributed by atoms with E-state index in [1.165, 1.54) is 0 Å². The fraction of sp³-hybridized carbons (Fsp3) is 0.350. The molecule has 2 aromatic heterocycles. The van der Waals surface area contributed by atoms with Crippen LogP contribution in [-0.4, -0.2) is 44.0 Å². The molecular weight excluding hydrogens is 640 g/mol. The molecule has 1 aliphatic heterocycles. The highest BCUT2D eigenvalue weighted by Crippen LogP contribution is 2.52. The Kier molecular flexibility index (Phi) is 8.55. The quantitative estimate of drug-likeness (QED) is 0.166. The van der Waals surface area contributed by atoms with Gasteiger partial charge >= 0.3 is 0 Å². The van der Waals surface area contributed by atoms with Crippen LogP contribution in [0.2, 0.25) is 5.02 Å². The lowest BCUT2D eigenvalue weighted by molar-refractivity contribution is -0.669. The van der Waals surface area contributed by atoms with E-state index in [0.717, 1.165) is 33.9 Å². The SMILES string of the molecule is O=S(=O)(O)CCCC[n+]1c(C=C2Sc3sc(Br)cc3N2CCCS(=O)(=O)O)sc2ccc(Cl)cc21. The maximum absolute atomic E-state index is 11.2. The fourth-order valence-electron chi connectivity index (χ4n) is 3.68. The monoisotopic (exact) mass is 659 g/mol. The largest absolute Gasteiger partial charge is 0.334 e. The molecule has 0 saturated heterocycles. The zero-order chi connectivity index (χ0) is 25.4. The van der Waals surface area contributed by atoms with E-state index in [1.54, 1.807) is 34.4 Å². The number of unbranched alkanes of at least 4 members (excludes halogenated alkanes) is 1. The first-order chi connectivity index (χ1) is 16.4. The molecule has 0 spiro atoms. The van der Waals surface area contributed by atoms with Crippen LogP contribution in [0.3, 0.4) is 0 Å². The number of halogens is 2. The number of aromatic nitrogens is 1. The Morgan fingerprint density at radius 1 is 1.03 bits per heavy atom. The van der Waals surface area contributed by atoms with Crippen molar-refractivity contribution in [3.05, 3.63) is 43.1 Å². The van der Waals surface area contributed by atoms with E-state index in [2.05, 4.69) is 20.5 Å². The van der Waals surface area contributed by atoms with E-state index in [0.29, 0.717) is 31.0 Å². The molecule has 3 heterocycles. The molecule has 190 valence electrons. The Bertz CT molecular complexity index is 1500. The molecular formula is C20H21BrClN2O6S5+. The minimum atomic E-state index is -4.05. The van der Waals surface area contributed by atoms with Gasteiger partial charge in [0, 0.05) is 24.1 Å². The van der Waals surface area contributed by atoms with Crippen LogP contribution in [-0.2, 0) is 26.8 Å². The van der Waals surface area contributed by atoms with Crippen molar-refractivity contribution in [2.24, 2.45) is 0 Å². The number of thioether (sulfide) groups is 1. The van der Waals surface area contributed by atoms with Gasteiger partial charge in [0.1, 0.15) is 4.70 Å². The van der Waals surface area contributed by atoms with Crippen molar-refractivity contribution in [3.8, 4) is 0 Å². The normalized spacial score (nSPS) is 15.4. The predicted molar refractivity (Wildman–Crippen MR) is 147 cm³/mol. The molecule has 4 rings (SSSR count). The first kappa shape index (κ1) is 27.3. The third-order valence-corrected chi connectivity index (χ3v) is 11.0. The maximum atomic E-state index is 11.2. The Labute approximate surface area is 229 Å². The number of rotatable bonds is 10. The Morgan fingerprint density at radius 3 is 2.46 bits per heavy atom. The molecule has 0 fully saturated rings. The fourth-order valence-corrected chi connectivity index (χ4v) is 9.36. The van der Waals surface area contributed by atoms with Gasteiger partial charge in [-0.2, -0.15) is 21.4 Å². The van der Waals surface area contributed by atoms with Gasteiger partial charge in [-0.05, 0) is 47.0 Å². The summed E-state index contributed by atoms with van der Waals surface area (Å²) in [5, 5.41) is 2.46. The van der Waals surface area contributed by atoms with Crippen LogP contribution in [0.15, 0.2) is 37.3 Å². The first-order valence-corrected chi connectivity index (χ1v) is 17.2. The maximum Gasteiger partial charge on any atom is 0.265 e. The van der Waals surface area contributed by atoms with Gasteiger partial charge in [0.05, 0.1) is 36.3 Å². The lowest BCUT2D eigenvalue weighted by Crippen LogP contribution is -2.35. The van der Waals surface area contributed by atoms with Crippen LogP contribution < -0.4 is 9.47 Å². The van der Waals surface area contributed by atoms with E-state index < -0.39 is 20.2 Å². The molecule has 0 atom stereocenters. The molecule has 0 bridgehead atoms. The highest BCUT2D eigenvalue weighted by Gasteiger charge is 2.30. The van der Waals surface area contributed by atoms with E-state index >= 15 is 0 Å². The number of thiophene rings is 1. The first-order valence-electron chi connectivity index (χ1n) is 10.4. The average Bonchev–Trinajstić information content (AvgIpc) is 3.35. The highest BCUT2D eigenvalue weighted by atomic mass is 79.9. The standard InChI is InChI=1S/C20H20BrClN2O6S5/c21-17-11-15-20(32-17)33-19(24(15)7-3-9-35(28,29)30)12-18-23(6-1-2-8-34(25,26)27)14-10-13(22)4-5-16(14)31-18/h4-5,10-12H,1-3,6-9H2,(H-,25,26,27,28,29,30)/p+1. The van der Waals surface area contributed by atoms with Gasteiger partial charge in [-0.3, -0.25) is 9.11 Å². The van der Waals surface area contributed by atoms with Crippen molar-refractivity contribution >= 4 is 104 Å². The number of fused-ring (bicyclic) bond motifs is 2. The minimum absolute atomic E-state index is 0.265. The van der Waals surface area contributed by atoms with Crippen LogP contribution in [0.25, 0.3) is 16.3 Å². The number of anilines is 1. The van der Waals surface area contributed by atoms with Crippen molar-refractivity contribution in [2.45, 2.75) is 30.0 Å². The second-order valence-electron chi connectivity index (χ2n) is 7.80. The molecule has 0 amide bonds. The van der Waals surface area contributed by atoms with Gasteiger partial charge in [0.2, 0.25) is 5.52 Å². The third-order valence-electron chi connectivity index (χ3n) is 5.16. The van der Waals surface area contributed by atoms with Crippen molar-refractivity contribution in [1.82, 2.24) is 0 Å². The summed E-state index contributed by atoms with van der Waals surface area (Å²) < 4.78 is 68.0. The van der Waals surface area contributed by atoms with E-state index in [1.807, 2.05) is 35.2 Å². The summed E-state index contributed by atoms with van der Waals surface area (Å²) >= 11 is 14.5. The summed E-state index contributed by atoms with van der Waals surface area (Å²) in [6.07, 6.45) is 3.17. The zero-order valence-corrected chi connectivity index (χ0v) is 24.5. The molecule has 2 N–H and O–H groups in total. The van der Waals surface area contributed by atoms with Gasteiger partial charge in [-0.15, -0.1) is 11.3 Å². The van der Waals surface area contributed by atoms with Crippen LogP contribution in [0.4, 0.5) is 5.69 Å². The van der Waals surface area contributed by atoms with Gasteiger partial charge in [0.15, 0.2) is 6.54 Å². The summed E-state index contributed by atoms with van der Waals surface area (Å²) in [5.41, 5.74) is 1.91. The van der Waals surface area contributed by atoms with Crippen molar-refractivity contribution in [2.75, 3.05) is 23.0 Å². The number of hydrogen-bond acceptors (Lipinski definition) is 8. The Hall–Kier alpha value is -0.710. The van der Waals surface area contributed by atoms with Crippen LogP contribution in [0, 0.1) is 0 Å². The summed E-state index contributed by atoms with van der Waals surface area (Å²) in [4.78, 5) is 2.05. The van der Waals surface area contributed by atoms with Crippen LogP contribution in [0.1, 0.15) is 24.3 Å². The molecule has 1 aromatic carbocycles. The number of nitrogens with zero attached hydrogens (tertiary/aromatic N) is 2. The van der Waals surface area contributed by atoms with Crippen molar-refractivity contribution < 1.29 is 30.5 Å². The molecule has 3 aromatic rings. The summed E-state index contributed by atoms with van der Waals surface area (Å²) in [5.74, 6) is -0.615. The second-order valence-corrected chi connectivity index (χ2v) is 16.2. The Balaban J connectivity index is 1.66. The average molecular weight is 661 g/mol. The van der Waals surface area contributed by atoms with E-state index in [4.69, 9.17) is 20.7 Å².